The first-order valence-electron chi connectivity index (χ1n) is 6.50. The first-order chi connectivity index (χ1) is 8.50. The average molecular weight is 254 g/mol. The third-order valence-electron chi connectivity index (χ3n) is 3.32. The summed E-state index contributed by atoms with van der Waals surface area (Å²) < 4.78 is 27.3. The van der Waals surface area contributed by atoms with Crippen LogP contribution < -0.4 is 10.6 Å². The summed E-state index contributed by atoms with van der Waals surface area (Å²) in [6.45, 7) is 4.97. The van der Waals surface area contributed by atoms with Crippen LogP contribution in [0.15, 0.2) is 12.1 Å². The van der Waals surface area contributed by atoms with Gasteiger partial charge in [0.25, 0.3) is 0 Å². The lowest BCUT2D eigenvalue weighted by molar-refractivity contribution is 0.501. The van der Waals surface area contributed by atoms with Gasteiger partial charge in [-0.3, -0.25) is 0 Å². The van der Waals surface area contributed by atoms with Crippen LogP contribution in [0.5, 0.6) is 0 Å². The Morgan fingerprint density at radius 1 is 1.33 bits per heavy atom. The van der Waals surface area contributed by atoms with E-state index in [4.69, 9.17) is 5.73 Å². The average Bonchev–Trinajstić information content (AvgIpc) is 3.12. The quantitative estimate of drug-likeness (QED) is 0.814. The van der Waals surface area contributed by atoms with E-state index < -0.39 is 11.6 Å². The Morgan fingerprint density at radius 3 is 2.56 bits per heavy atom. The molecule has 1 aromatic rings. The van der Waals surface area contributed by atoms with E-state index in [1.165, 1.54) is 6.07 Å². The van der Waals surface area contributed by atoms with Crippen LogP contribution in [0.4, 0.5) is 20.2 Å². The molecule has 0 amide bonds. The molecule has 4 heteroatoms. The number of nitrogens with zero attached hydrogens (tertiary/aromatic N) is 1. The van der Waals surface area contributed by atoms with Crippen molar-refractivity contribution in [2.45, 2.75) is 39.2 Å². The Kier molecular flexibility index (Phi) is 3.73. The van der Waals surface area contributed by atoms with Gasteiger partial charge in [-0.05, 0) is 37.3 Å². The highest BCUT2D eigenvalue weighted by Gasteiger charge is 2.32. The van der Waals surface area contributed by atoms with Gasteiger partial charge in [0.2, 0.25) is 0 Å². The van der Waals surface area contributed by atoms with Crippen molar-refractivity contribution in [3.8, 4) is 0 Å². The van der Waals surface area contributed by atoms with Crippen molar-refractivity contribution in [3.63, 3.8) is 0 Å². The fourth-order valence-electron chi connectivity index (χ4n) is 2.11. The Labute approximate surface area is 107 Å². The lowest BCUT2D eigenvalue weighted by Gasteiger charge is -2.27. The maximum atomic E-state index is 13.9. The van der Waals surface area contributed by atoms with Crippen molar-refractivity contribution < 1.29 is 8.78 Å². The highest BCUT2D eigenvalue weighted by Crippen LogP contribution is 2.37. The van der Waals surface area contributed by atoms with Crippen LogP contribution in [0.3, 0.4) is 0 Å². The smallest absolute Gasteiger partial charge is 0.184 e. The number of anilines is 2. The number of nitrogens with two attached hydrogens (primary N) is 1. The minimum Gasteiger partial charge on any atom is -0.397 e. The Balaban J connectivity index is 2.27. The minimum atomic E-state index is -0.825. The Bertz CT molecular complexity index is 428. The number of nitrogen functional groups attached to an aromatic ring is 1. The zero-order valence-electron chi connectivity index (χ0n) is 10.9. The highest BCUT2D eigenvalue weighted by molar-refractivity contribution is 5.69. The predicted molar refractivity (Wildman–Crippen MR) is 70.6 cm³/mol. The largest absolute Gasteiger partial charge is 0.397 e. The van der Waals surface area contributed by atoms with Crippen molar-refractivity contribution in [1.82, 2.24) is 0 Å². The fraction of sp³-hybridized carbons (Fsp3) is 0.571. The number of halogens is 2. The first-order valence-corrected chi connectivity index (χ1v) is 6.50. The number of hydrogen-bond acceptors (Lipinski definition) is 2. The molecule has 1 aliphatic rings. The van der Waals surface area contributed by atoms with E-state index in [9.17, 15) is 8.78 Å². The van der Waals surface area contributed by atoms with Crippen molar-refractivity contribution >= 4 is 11.4 Å². The van der Waals surface area contributed by atoms with Gasteiger partial charge in [-0.15, -0.1) is 0 Å². The summed E-state index contributed by atoms with van der Waals surface area (Å²) in [6, 6.07) is 2.85. The van der Waals surface area contributed by atoms with Gasteiger partial charge in [-0.25, -0.2) is 8.78 Å². The summed E-state index contributed by atoms with van der Waals surface area (Å²) in [5, 5.41) is 0. The minimum absolute atomic E-state index is 0.248. The van der Waals surface area contributed by atoms with Gasteiger partial charge in [0.1, 0.15) is 0 Å². The van der Waals surface area contributed by atoms with Crippen molar-refractivity contribution in [3.05, 3.63) is 23.8 Å². The van der Waals surface area contributed by atoms with Gasteiger partial charge in [-0.2, -0.15) is 0 Å². The summed E-state index contributed by atoms with van der Waals surface area (Å²) >= 11 is 0. The maximum Gasteiger partial charge on any atom is 0.184 e. The predicted octanol–water partition coefficient (Wildman–Crippen LogP) is 3.56. The summed E-state index contributed by atoms with van der Waals surface area (Å²) in [4.78, 5) is 1.94. The third kappa shape index (κ3) is 2.74. The molecule has 1 saturated carbocycles. The molecule has 0 aliphatic heterocycles. The van der Waals surface area contributed by atoms with E-state index in [1.807, 2.05) is 4.90 Å². The molecule has 0 radical (unpaired) electrons. The van der Waals surface area contributed by atoms with Crippen LogP contribution in [-0.2, 0) is 0 Å². The first kappa shape index (κ1) is 13.1. The van der Waals surface area contributed by atoms with Crippen LogP contribution in [0.1, 0.15) is 33.1 Å². The monoisotopic (exact) mass is 254 g/mol. The molecule has 0 unspecified atom stereocenters. The second-order valence-electron chi connectivity index (χ2n) is 5.41. The number of rotatable bonds is 5. The molecule has 0 heterocycles. The third-order valence-corrected chi connectivity index (χ3v) is 3.32. The molecular weight excluding hydrogens is 234 g/mol. The molecule has 1 aliphatic carbocycles. The number of benzene rings is 1. The maximum absolute atomic E-state index is 13.9. The lowest BCUT2D eigenvalue weighted by atomic mass is 10.1. The summed E-state index contributed by atoms with van der Waals surface area (Å²) in [5.41, 5.74) is 6.39. The molecule has 0 saturated heterocycles. The topological polar surface area (TPSA) is 29.3 Å². The van der Waals surface area contributed by atoms with Crippen LogP contribution >= 0.6 is 0 Å². The summed E-state index contributed by atoms with van der Waals surface area (Å²) in [6.07, 6.45) is 3.02. The molecular formula is C14H20F2N2. The van der Waals surface area contributed by atoms with E-state index in [0.717, 1.165) is 31.9 Å². The molecule has 1 aromatic carbocycles. The summed E-state index contributed by atoms with van der Waals surface area (Å²) in [7, 11) is 0. The van der Waals surface area contributed by atoms with Crippen molar-refractivity contribution in [1.29, 1.82) is 0 Å². The molecule has 2 N–H and O–H groups in total. The molecule has 18 heavy (non-hydrogen) atoms. The van der Waals surface area contributed by atoms with Crippen LogP contribution in [0.25, 0.3) is 0 Å². The second kappa shape index (κ2) is 5.12. The molecule has 2 rings (SSSR count). The molecule has 0 bridgehead atoms. The van der Waals surface area contributed by atoms with Gasteiger partial charge in [-0.1, -0.05) is 13.8 Å². The Morgan fingerprint density at radius 2 is 2.00 bits per heavy atom. The van der Waals surface area contributed by atoms with E-state index in [-0.39, 0.29) is 5.69 Å². The zero-order chi connectivity index (χ0) is 13.3. The molecule has 100 valence electrons. The molecule has 0 atom stereocenters. The van der Waals surface area contributed by atoms with Crippen LogP contribution in [-0.4, -0.2) is 12.6 Å². The lowest BCUT2D eigenvalue weighted by Crippen LogP contribution is -2.29. The summed E-state index contributed by atoms with van der Waals surface area (Å²) in [5.74, 6) is -1.11. The molecule has 2 nitrogen and oxygen atoms in total. The SMILES string of the molecule is CC(C)CCN(c1c(N)ccc(F)c1F)C1CC1. The normalized spacial score (nSPS) is 15.2. The second-order valence-corrected chi connectivity index (χ2v) is 5.41. The molecule has 1 fully saturated rings. The fourth-order valence-corrected chi connectivity index (χ4v) is 2.11. The molecule has 0 spiro atoms. The Hall–Kier alpha value is -1.32. The highest BCUT2D eigenvalue weighted by atomic mass is 19.2. The van der Waals surface area contributed by atoms with Crippen molar-refractivity contribution in [2.75, 3.05) is 17.2 Å². The van der Waals surface area contributed by atoms with E-state index in [0.29, 0.717) is 17.6 Å². The van der Waals surface area contributed by atoms with E-state index >= 15 is 0 Å². The van der Waals surface area contributed by atoms with E-state index in [2.05, 4.69) is 13.8 Å². The standard InChI is InChI=1S/C14H20F2N2/c1-9(2)7-8-18(10-3-4-10)14-12(17)6-5-11(15)13(14)16/h5-6,9-10H,3-4,7-8,17H2,1-2H3. The van der Waals surface area contributed by atoms with Gasteiger partial charge in [0.15, 0.2) is 11.6 Å². The zero-order valence-corrected chi connectivity index (χ0v) is 10.9. The van der Waals surface area contributed by atoms with Gasteiger partial charge < -0.3 is 10.6 Å². The van der Waals surface area contributed by atoms with Gasteiger partial charge in [0.05, 0.1) is 11.4 Å². The van der Waals surface area contributed by atoms with Gasteiger partial charge >= 0.3 is 0 Å². The van der Waals surface area contributed by atoms with Gasteiger partial charge in [0, 0.05) is 12.6 Å². The molecule has 0 aromatic heterocycles. The van der Waals surface area contributed by atoms with Crippen LogP contribution in [0.2, 0.25) is 0 Å². The van der Waals surface area contributed by atoms with E-state index in [1.54, 1.807) is 0 Å². The van der Waals surface area contributed by atoms with Crippen LogP contribution in [0, 0.1) is 17.6 Å². The number of hydrogen-bond donors (Lipinski definition) is 1. The van der Waals surface area contributed by atoms with Crippen molar-refractivity contribution in [2.24, 2.45) is 5.92 Å².